The molecule has 114 heavy (non-hydrogen) atoms. The summed E-state index contributed by atoms with van der Waals surface area (Å²) in [5.41, 5.74) is 4.40. The van der Waals surface area contributed by atoms with Crippen molar-refractivity contribution in [2.24, 2.45) is 0 Å². The molecule has 4 heterocycles. The van der Waals surface area contributed by atoms with Crippen LogP contribution in [-0.4, -0.2) is 177 Å². The van der Waals surface area contributed by atoms with E-state index in [1.165, 1.54) is 42.5 Å². The monoisotopic (exact) mass is 1730 g/mol. The Bertz CT molecular complexity index is 5210. The number of ether oxygens (including phenoxy) is 1. The molecule has 4 aromatic rings. The van der Waals surface area contributed by atoms with E-state index in [0.717, 1.165) is 38.6 Å². The highest BCUT2D eigenvalue weighted by molar-refractivity contribution is 7.86. The molecule has 0 saturated carbocycles. The molecule has 1 aliphatic carbocycles. The van der Waals surface area contributed by atoms with Crippen molar-refractivity contribution in [3.8, 4) is 0 Å². The number of rotatable bonds is 42. The van der Waals surface area contributed by atoms with Crippen molar-refractivity contribution < 1.29 is 127 Å². The number of hydrogen-bond donors (Lipinski definition) is 12. The van der Waals surface area contributed by atoms with Gasteiger partial charge in [-0.2, -0.15) is 38.5 Å². The lowest BCUT2D eigenvalue weighted by molar-refractivity contribution is -0.437. The van der Waals surface area contributed by atoms with Gasteiger partial charge in [-0.1, -0.05) is 75.3 Å². The number of unbranched alkanes of at least 4 members (excludes halogenated alkanes) is 5. The summed E-state index contributed by atoms with van der Waals surface area (Å²) in [5, 5.41) is 19.0. The third-order valence-electron chi connectivity index (χ3n) is 19.5. The number of H-pyrrole nitrogens is 1. The van der Waals surface area contributed by atoms with E-state index in [-0.39, 0.29) is 73.5 Å². The minimum atomic E-state index is -5.81. The Morgan fingerprint density at radius 2 is 1.30 bits per heavy atom. The van der Waals surface area contributed by atoms with E-state index >= 15 is 0 Å². The highest BCUT2D eigenvalue weighted by Crippen LogP contribution is 2.66. The molecule has 36 nitrogen and oxygen atoms in total. The van der Waals surface area contributed by atoms with Crippen LogP contribution < -0.4 is 32.1 Å². The van der Waals surface area contributed by atoms with E-state index in [1.54, 1.807) is 6.07 Å². The van der Waals surface area contributed by atoms with Gasteiger partial charge in [0, 0.05) is 99.0 Å². The number of amides is 3. The van der Waals surface area contributed by atoms with Crippen LogP contribution in [0.1, 0.15) is 171 Å². The molecule has 1 saturated heterocycles. The van der Waals surface area contributed by atoms with Gasteiger partial charge in [-0.05, 0) is 154 Å². The van der Waals surface area contributed by atoms with Gasteiger partial charge in [-0.3, -0.25) is 46.9 Å². The van der Waals surface area contributed by atoms with E-state index in [4.69, 9.17) is 14.5 Å². The summed E-state index contributed by atoms with van der Waals surface area (Å²) in [6, 6.07) is 16.3. The van der Waals surface area contributed by atoms with Crippen LogP contribution in [0.3, 0.4) is 0 Å². The fraction of sp³-hybridized carbons (Fsp3) is 0.493. The number of allylic oxidation sites excluding steroid dienone is 8. The number of aliphatic hydroxyl groups excluding tert-OH is 1. The summed E-state index contributed by atoms with van der Waals surface area (Å²) in [5.74, 6) is -1.61. The molecular weight excluding hydrogens is 1640 g/mol. The van der Waals surface area contributed by atoms with Crippen LogP contribution in [0.15, 0.2) is 133 Å². The average Bonchev–Trinajstić information content (AvgIpc) is 1.58. The molecule has 0 radical (unpaired) electrons. The number of nitrogens with zero attached hydrogens (tertiary/aromatic N) is 3. The van der Waals surface area contributed by atoms with Gasteiger partial charge in [0.05, 0.1) is 45.0 Å². The molecule has 3 aromatic carbocycles. The molecule has 3 amide bonds. The zero-order chi connectivity index (χ0) is 84.0. The number of carbonyl (C=O) groups excluding carboxylic acids is 3. The van der Waals surface area contributed by atoms with Crippen molar-refractivity contribution in [3.05, 3.63) is 163 Å². The number of aromatic nitrogens is 2. The van der Waals surface area contributed by atoms with Gasteiger partial charge in [0.25, 0.3) is 35.9 Å². The van der Waals surface area contributed by atoms with Gasteiger partial charge in [0.15, 0.2) is 5.71 Å². The summed E-state index contributed by atoms with van der Waals surface area (Å²) in [4.78, 5) is 103. The normalized spacial score (nSPS) is 19.7. The van der Waals surface area contributed by atoms with Crippen LogP contribution in [-0.2, 0) is 104 Å². The van der Waals surface area contributed by atoms with Crippen molar-refractivity contribution in [1.29, 1.82) is 0 Å². The van der Waals surface area contributed by atoms with Gasteiger partial charge in [-0.15, -0.1) is 0 Å². The minimum Gasteiger partial charge on any atom is -0.744 e. The van der Waals surface area contributed by atoms with E-state index in [2.05, 4.69) is 34.1 Å². The molecule has 4 unspecified atom stereocenters. The molecule has 12 N–H and O–H groups in total. The number of aromatic amines is 1. The molecule has 628 valence electrons. The number of benzene rings is 3. The average molecular weight is 1730 g/mol. The number of aliphatic hydroxyl groups is 1. The molecule has 0 bridgehead atoms. The van der Waals surface area contributed by atoms with Crippen LogP contribution in [0.5, 0.6) is 0 Å². The number of phosphoric ester groups is 1. The zero-order valence-electron chi connectivity index (χ0n) is 62.9. The Labute approximate surface area is 660 Å². The number of aryl methyl sites for hydroxylation is 1. The van der Waals surface area contributed by atoms with Crippen LogP contribution in [0.25, 0.3) is 11.6 Å². The van der Waals surface area contributed by atoms with Crippen LogP contribution in [0, 0.1) is 0 Å². The Hall–Kier alpha value is -7.11. The molecule has 0 spiro atoms. The van der Waals surface area contributed by atoms with E-state index in [0.29, 0.717) is 137 Å². The van der Waals surface area contributed by atoms with Gasteiger partial charge < -0.3 is 54.8 Å². The molecule has 1 aromatic heterocycles. The predicted molar refractivity (Wildman–Crippen MR) is 417 cm³/mol. The van der Waals surface area contributed by atoms with Gasteiger partial charge >= 0.3 is 29.2 Å². The second kappa shape index (κ2) is 39.0. The maximum Gasteiger partial charge on any atom is 0.490 e. The standard InChI is InChI=1S/C71H96N7O29P3S4/c1-70(2)55-43-53(113(98,99)100)30-32-57(55)76(39-15-41-111(92,93)94)61(70)34-28-49-18-13-19-50(29-35-62-71(3,4)56-44-54(114(101,102)103)31-33-58(56)77(62)40-16-42-112(95,96)97)67(49)51-26-24-48(25-27-51)17-9-10-23-65(82)73-37-12-5-7-21-63(80)72-36-11-6-8-22-64(81)74-38-14-20-52-46-78(69(84)75-68(52)83)66-45-59(79)60(105-66)47-104-109(88,89)107-110(90,91)106-108(85,86)87/h14,20,24-35,43-44,46,59-60,66,79H,5-13,15-19,21-23,36-42,45,47H2,1-4H3,(H11-,72,73,74,75,80,81,82,83,84,85,86,87,88,89,90,91,92,93,94,95,96,97,98,99,100,101,102,103)/b20-14+/t59-,60?,66?/m0/s1. The van der Waals surface area contributed by atoms with Crippen LogP contribution >= 0.6 is 23.5 Å². The lowest BCUT2D eigenvalue weighted by Crippen LogP contribution is -2.33. The Morgan fingerprint density at radius 3 is 1.91 bits per heavy atom. The van der Waals surface area contributed by atoms with Crippen molar-refractivity contribution in [3.63, 3.8) is 0 Å². The van der Waals surface area contributed by atoms with Crippen molar-refractivity contribution in [2.75, 3.05) is 55.7 Å². The summed E-state index contributed by atoms with van der Waals surface area (Å²) in [6.07, 6.45) is 15.4. The first-order chi connectivity index (χ1) is 53.1. The number of hydrogen-bond acceptors (Lipinski definition) is 23. The Morgan fingerprint density at radius 1 is 0.693 bits per heavy atom. The summed E-state index contributed by atoms with van der Waals surface area (Å²) in [7, 11) is -35.2. The van der Waals surface area contributed by atoms with E-state index < -0.39 is 127 Å². The summed E-state index contributed by atoms with van der Waals surface area (Å²) in [6.45, 7) is 7.55. The van der Waals surface area contributed by atoms with Gasteiger partial charge in [0.2, 0.25) is 23.4 Å². The number of carbonyl (C=O) groups is 3. The molecule has 3 aliphatic heterocycles. The van der Waals surface area contributed by atoms with Gasteiger partial charge in [0.1, 0.15) is 29.0 Å². The lowest BCUT2D eigenvalue weighted by Gasteiger charge is -2.27. The third kappa shape index (κ3) is 27.0. The fourth-order valence-electron chi connectivity index (χ4n) is 14.0. The zero-order valence-corrected chi connectivity index (χ0v) is 68.8. The molecule has 43 heteroatoms. The maximum absolute atomic E-state index is 12.9. The highest BCUT2D eigenvalue weighted by atomic mass is 32.2. The smallest absolute Gasteiger partial charge is 0.490 e. The highest BCUT2D eigenvalue weighted by Gasteiger charge is 2.47. The van der Waals surface area contributed by atoms with E-state index in [9.17, 15) is 104 Å². The first-order valence-electron chi connectivity index (χ1n) is 36.5. The summed E-state index contributed by atoms with van der Waals surface area (Å²) >= 11 is 0. The Kier molecular flexibility index (Phi) is 31.6. The molecule has 1 fully saturated rings. The number of fused-ring (bicyclic) bond motifs is 2. The Balaban J connectivity index is 0.794. The first kappa shape index (κ1) is 92.4. The number of nitrogens with one attached hydrogen (secondary N) is 4. The van der Waals surface area contributed by atoms with Crippen molar-refractivity contribution in [1.82, 2.24) is 25.5 Å². The van der Waals surface area contributed by atoms with Crippen LogP contribution in [0.4, 0.5) is 11.4 Å². The maximum atomic E-state index is 12.9. The number of phosphoric acid groups is 3. The number of anilines is 1. The fourth-order valence-corrected chi connectivity index (χ4v) is 19.0. The SMILES string of the molecule is CC1(C)C(/C=C/C2=C(c3ccc(CCCCC(=O)NCCCCCC(=O)NCCCCCC(=O)NC/C=C/c4cn(C5C[C@H](O)C(COP(=O)(O)OP(=O)(O)OP(=O)(O)O)O5)c(=O)[nH]c4=O)cc3)C(=C/C=C3/N(CCCS(=O)(=O)O)c4ccc(S(=O)(=O)O)cc4C3(C)C)/CCC2)=[N+](CCCS(=O)(=O)O)c2ccc(S(=O)(=O)[O-])cc21. The molecular formula is C71H96N7O29P3S4. The van der Waals surface area contributed by atoms with Crippen molar-refractivity contribution >= 4 is 110 Å². The minimum absolute atomic E-state index is 0.0000856. The topological polar surface area (TPSA) is 558 Å². The van der Waals surface area contributed by atoms with E-state index in [1.807, 2.05) is 85.7 Å². The molecule has 8 rings (SSSR count). The molecule has 4 aliphatic rings. The largest absolute Gasteiger partial charge is 0.744 e. The second-order valence-corrected chi connectivity index (χ2v) is 39.2. The van der Waals surface area contributed by atoms with Gasteiger partial charge in [-0.25, -0.2) is 26.9 Å². The lowest BCUT2D eigenvalue weighted by atomic mass is 9.79. The first-order valence-corrected chi connectivity index (χ1v) is 47.1. The third-order valence-corrected chi connectivity index (χ3v) is 26.6. The second-order valence-electron chi connectivity index (χ2n) is 28.8. The quantitative estimate of drug-likeness (QED) is 0.00895. The summed E-state index contributed by atoms with van der Waals surface area (Å²) < 4.78 is 194. The predicted octanol–water partition coefficient (Wildman–Crippen LogP) is 7.31. The van der Waals surface area contributed by atoms with Crippen molar-refractivity contribution in [2.45, 2.75) is 182 Å². The molecule has 5 atom stereocenters. The van der Waals surface area contributed by atoms with Crippen LogP contribution in [0.2, 0.25) is 0 Å².